The van der Waals surface area contributed by atoms with Gasteiger partial charge >= 0.3 is 0 Å². The van der Waals surface area contributed by atoms with Gasteiger partial charge in [0.15, 0.2) is 15.8 Å². The Morgan fingerprint density at radius 2 is 1.84 bits per heavy atom. The Morgan fingerprint density at radius 3 is 2.53 bits per heavy atom. The molecular weight excluding hydrogens is 469 g/mol. The number of hydrogen-bond donors (Lipinski definition) is 0. The first kappa shape index (κ1) is 22.3. The van der Waals surface area contributed by atoms with Crippen LogP contribution in [-0.2, 0) is 11.4 Å². The highest BCUT2D eigenvalue weighted by Crippen LogP contribution is 2.40. The Kier molecular flexibility index (Phi) is 6.79. The number of rotatable bonds is 6. The van der Waals surface area contributed by atoms with Crippen molar-refractivity contribution in [3.05, 3.63) is 93.6 Å². The molecule has 1 heterocycles. The number of amides is 1. The van der Waals surface area contributed by atoms with Crippen molar-refractivity contribution in [2.45, 2.75) is 6.61 Å². The van der Waals surface area contributed by atoms with Crippen LogP contribution in [0.2, 0.25) is 5.02 Å². The minimum absolute atomic E-state index is 0.286. The van der Waals surface area contributed by atoms with Gasteiger partial charge in [0.05, 0.1) is 22.7 Å². The number of benzene rings is 3. The molecule has 8 heteroatoms. The zero-order chi connectivity index (χ0) is 22.7. The van der Waals surface area contributed by atoms with Crippen molar-refractivity contribution in [1.29, 1.82) is 0 Å². The summed E-state index contributed by atoms with van der Waals surface area (Å²) < 4.78 is 25.0. The van der Waals surface area contributed by atoms with Crippen LogP contribution in [0.4, 0.5) is 10.1 Å². The maximum Gasteiger partial charge on any atom is 0.270 e. The molecule has 0 N–H and O–H groups in total. The lowest BCUT2D eigenvalue weighted by Gasteiger charge is -2.14. The Labute approximate surface area is 199 Å². The molecule has 3 aromatic rings. The predicted octanol–water partition coefficient (Wildman–Crippen LogP) is 6.47. The standard InChI is InChI=1S/C24H17ClFNO3S2/c1-29-20-12-16(11-19(25)22(20)30-14-15-5-3-2-4-6-15)13-21-23(28)27(24(31)32-21)18-9-7-17(26)8-10-18/h2-13H,14H2,1H3. The van der Waals surface area contributed by atoms with E-state index in [2.05, 4.69) is 0 Å². The van der Waals surface area contributed by atoms with Crippen LogP contribution in [-0.4, -0.2) is 17.3 Å². The fourth-order valence-electron chi connectivity index (χ4n) is 3.12. The Bertz CT molecular complexity index is 1200. The third-order valence-electron chi connectivity index (χ3n) is 4.65. The van der Waals surface area contributed by atoms with Crippen molar-refractivity contribution in [2.75, 3.05) is 12.0 Å². The lowest BCUT2D eigenvalue weighted by molar-refractivity contribution is -0.113. The summed E-state index contributed by atoms with van der Waals surface area (Å²) >= 11 is 13.0. The fraction of sp³-hybridized carbons (Fsp3) is 0.0833. The number of methoxy groups -OCH3 is 1. The van der Waals surface area contributed by atoms with E-state index in [4.69, 9.17) is 33.3 Å². The van der Waals surface area contributed by atoms with Gasteiger partial charge in [0.25, 0.3) is 5.91 Å². The molecule has 1 saturated heterocycles. The smallest absolute Gasteiger partial charge is 0.270 e. The molecule has 162 valence electrons. The molecule has 3 aromatic carbocycles. The van der Waals surface area contributed by atoms with Crippen LogP contribution >= 0.6 is 35.6 Å². The molecule has 0 spiro atoms. The first-order chi connectivity index (χ1) is 15.5. The number of hydrogen-bond acceptors (Lipinski definition) is 5. The molecule has 0 radical (unpaired) electrons. The van der Waals surface area contributed by atoms with E-state index in [9.17, 15) is 9.18 Å². The van der Waals surface area contributed by atoms with Crippen molar-refractivity contribution in [2.24, 2.45) is 0 Å². The highest BCUT2D eigenvalue weighted by Gasteiger charge is 2.33. The second-order valence-electron chi connectivity index (χ2n) is 6.80. The van der Waals surface area contributed by atoms with Gasteiger partial charge < -0.3 is 9.47 Å². The molecule has 0 unspecified atom stereocenters. The van der Waals surface area contributed by atoms with Crippen LogP contribution in [0, 0.1) is 5.82 Å². The molecule has 1 fully saturated rings. The van der Waals surface area contributed by atoms with Crippen molar-refractivity contribution in [3.8, 4) is 11.5 Å². The van der Waals surface area contributed by atoms with E-state index in [1.54, 1.807) is 18.2 Å². The van der Waals surface area contributed by atoms with Crippen LogP contribution in [0.1, 0.15) is 11.1 Å². The first-order valence-corrected chi connectivity index (χ1v) is 11.1. The van der Waals surface area contributed by atoms with E-state index in [0.717, 1.165) is 5.56 Å². The summed E-state index contributed by atoms with van der Waals surface area (Å²) in [7, 11) is 1.53. The summed E-state index contributed by atoms with van der Waals surface area (Å²) in [4.78, 5) is 14.7. The number of thioether (sulfide) groups is 1. The number of carbonyl (C=O) groups excluding carboxylic acids is 1. The highest BCUT2D eigenvalue weighted by atomic mass is 35.5. The topological polar surface area (TPSA) is 38.8 Å². The van der Waals surface area contributed by atoms with E-state index in [0.29, 0.717) is 43.6 Å². The maximum absolute atomic E-state index is 13.2. The predicted molar refractivity (Wildman–Crippen MR) is 131 cm³/mol. The molecule has 0 atom stereocenters. The second kappa shape index (κ2) is 9.73. The SMILES string of the molecule is COc1cc(C=C2SC(=S)N(c3ccc(F)cc3)C2=O)cc(Cl)c1OCc1ccccc1. The summed E-state index contributed by atoms with van der Waals surface area (Å²) in [5, 5.41) is 0.362. The van der Waals surface area contributed by atoms with Crippen LogP contribution in [0.5, 0.6) is 11.5 Å². The summed E-state index contributed by atoms with van der Waals surface area (Å²) in [5.41, 5.74) is 2.18. The Morgan fingerprint density at radius 1 is 1.12 bits per heavy atom. The van der Waals surface area contributed by atoms with Gasteiger partial charge in [-0.2, -0.15) is 0 Å². The van der Waals surface area contributed by atoms with Crippen molar-refractivity contribution >= 4 is 57.6 Å². The zero-order valence-corrected chi connectivity index (χ0v) is 19.3. The van der Waals surface area contributed by atoms with Gasteiger partial charge in [0.2, 0.25) is 0 Å². The molecule has 1 amide bonds. The lowest BCUT2D eigenvalue weighted by Crippen LogP contribution is -2.27. The van der Waals surface area contributed by atoms with Gasteiger partial charge in [-0.3, -0.25) is 9.69 Å². The summed E-state index contributed by atoms with van der Waals surface area (Å²) in [5.74, 6) is 0.208. The molecule has 4 rings (SSSR count). The quantitative estimate of drug-likeness (QED) is 0.295. The van der Waals surface area contributed by atoms with Crippen LogP contribution in [0.15, 0.2) is 71.6 Å². The Hall–Kier alpha value is -2.87. The van der Waals surface area contributed by atoms with E-state index in [-0.39, 0.29) is 11.7 Å². The normalized spacial score (nSPS) is 14.8. The largest absolute Gasteiger partial charge is 0.493 e. The number of ether oxygens (including phenoxy) is 2. The molecule has 4 nitrogen and oxygen atoms in total. The molecular formula is C24H17ClFNO3S2. The van der Waals surface area contributed by atoms with Gasteiger partial charge in [0.1, 0.15) is 12.4 Å². The average Bonchev–Trinajstić information content (AvgIpc) is 3.06. The minimum Gasteiger partial charge on any atom is -0.493 e. The fourth-order valence-corrected chi connectivity index (χ4v) is 4.70. The first-order valence-electron chi connectivity index (χ1n) is 9.54. The maximum atomic E-state index is 13.2. The van der Waals surface area contributed by atoms with E-state index < -0.39 is 0 Å². The van der Waals surface area contributed by atoms with Gasteiger partial charge in [-0.25, -0.2) is 4.39 Å². The number of carbonyl (C=O) groups is 1. The van der Waals surface area contributed by atoms with Crippen LogP contribution in [0.3, 0.4) is 0 Å². The van der Waals surface area contributed by atoms with Gasteiger partial charge in [-0.15, -0.1) is 0 Å². The zero-order valence-electron chi connectivity index (χ0n) is 16.9. The highest BCUT2D eigenvalue weighted by molar-refractivity contribution is 8.27. The van der Waals surface area contributed by atoms with Crippen LogP contribution < -0.4 is 14.4 Å². The van der Waals surface area contributed by atoms with Gasteiger partial charge in [0, 0.05) is 0 Å². The van der Waals surface area contributed by atoms with Gasteiger partial charge in [-0.05, 0) is 53.6 Å². The molecule has 0 aromatic heterocycles. The molecule has 0 bridgehead atoms. The number of anilines is 1. The number of halogens is 2. The molecule has 32 heavy (non-hydrogen) atoms. The number of nitrogens with zero attached hydrogens (tertiary/aromatic N) is 1. The second-order valence-corrected chi connectivity index (χ2v) is 8.88. The molecule has 0 aliphatic carbocycles. The molecule has 1 aliphatic heterocycles. The molecule has 0 saturated carbocycles. The van der Waals surface area contributed by atoms with E-state index in [1.165, 1.54) is 48.0 Å². The summed E-state index contributed by atoms with van der Waals surface area (Å²) in [6.07, 6.45) is 1.69. The van der Waals surface area contributed by atoms with Crippen molar-refractivity contribution < 1.29 is 18.7 Å². The van der Waals surface area contributed by atoms with Gasteiger partial charge in [-0.1, -0.05) is 65.9 Å². The molecule has 1 aliphatic rings. The van der Waals surface area contributed by atoms with E-state index in [1.807, 2.05) is 30.3 Å². The average molecular weight is 486 g/mol. The van der Waals surface area contributed by atoms with Crippen LogP contribution in [0.25, 0.3) is 6.08 Å². The van der Waals surface area contributed by atoms with E-state index >= 15 is 0 Å². The third kappa shape index (κ3) is 4.80. The number of thiocarbonyl (C=S) groups is 1. The monoisotopic (exact) mass is 485 g/mol. The minimum atomic E-state index is -0.383. The summed E-state index contributed by atoms with van der Waals surface area (Å²) in [6, 6.07) is 18.8. The Balaban J connectivity index is 1.58. The van der Waals surface area contributed by atoms with Crippen molar-refractivity contribution in [3.63, 3.8) is 0 Å². The van der Waals surface area contributed by atoms with Crippen molar-refractivity contribution in [1.82, 2.24) is 0 Å². The summed E-state index contributed by atoms with van der Waals surface area (Å²) in [6.45, 7) is 0.340. The lowest BCUT2D eigenvalue weighted by atomic mass is 10.1. The third-order valence-corrected chi connectivity index (χ3v) is 6.24.